The van der Waals surface area contributed by atoms with Gasteiger partial charge in [0.15, 0.2) is 0 Å². The van der Waals surface area contributed by atoms with E-state index in [4.69, 9.17) is 4.74 Å². The van der Waals surface area contributed by atoms with Gasteiger partial charge in [0.05, 0.1) is 40.6 Å². The highest BCUT2D eigenvalue weighted by Crippen LogP contribution is 2.34. The van der Waals surface area contributed by atoms with Crippen LogP contribution in [0.5, 0.6) is 5.75 Å². The summed E-state index contributed by atoms with van der Waals surface area (Å²) in [4.78, 5) is 21.6. The van der Waals surface area contributed by atoms with Gasteiger partial charge in [0.25, 0.3) is 0 Å². The SMILES string of the molecule is CN1CCOc2cc(S(=O)(=O)N[C@@H](Cc3ccc(C4CC(=O)NS4(=O)=O)cc3)c3nc4ccccc4[nH]3)ccc21. The van der Waals surface area contributed by atoms with Crippen LogP contribution in [0.15, 0.2) is 71.6 Å². The van der Waals surface area contributed by atoms with Crippen LogP contribution in [0, 0.1) is 0 Å². The summed E-state index contributed by atoms with van der Waals surface area (Å²) in [6.45, 7) is 1.17. The number of hydrogen-bond donors (Lipinski definition) is 3. The summed E-state index contributed by atoms with van der Waals surface area (Å²) in [5, 5.41) is -0.955. The highest BCUT2D eigenvalue weighted by Gasteiger charge is 2.37. The molecule has 0 spiro atoms. The maximum Gasteiger partial charge on any atom is 0.242 e. The van der Waals surface area contributed by atoms with E-state index in [1.807, 2.05) is 40.9 Å². The van der Waals surface area contributed by atoms with Crippen LogP contribution in [0.2, 0.25) is 0 Å². The van der Waals surface area contributed by atoms with Gasteiger partial charge in [0.2, 0.25) is 26.0 Å². The van der Waals surface area contributed by atoms with Gasteiger partial charge in [-0.15, -0.1) is 0 Å². The van der Waals surface area contributed by atoms with Crippen LogP contribution in [0.25, 0.3) is 11.0 Å². The molecule has 1 fully saturated rings. The second-order valence-electron chi connectivity index (χ2n) is 9.92. The molecule has 0 radical (unpaired) electrons. The quantitative estimate of drug-likeness (QED) is 0.301. The molecule has 11 nitrogen and oxygen atoms in total. The van der Waals surface area contributed by atoms with Crippen LogP contribution < -0.4 is 19.1 Å². The fourth-order valence-corrected chi connectivity index (χ4v) is 7.69. The first-order chi connectivity index (χ1) is 19.1. The molecular weight excluding hydrogens is 554 g/mol. The Morgan fingerprint density at radius 3 is 2.62 bits per heavy atom. The van der Waals surface area contributed by atoms with E-state index in [1.54, 1.807) is 36.4 Å². The summed E-state index contributed by atoms with van der Waals surface area (Å²) in [7, 11) is -5.84. The maximum atomic E-state index is 13.6. The molecule has 2 aliphatic rings. The third-order valence-electron chi connectivity index (χ3n) is 7.17. The summed E-state index contributed by atoms with van der Waals surface area (Å²) in [6, 6.07) is 18.2. The Morgan fingerprint density at radius 1 is 1.12 bits per heavy atom. The fraction of sp³-hybridized carbons (Fsp3) is 0.259. The molecular formula is C27H27N5O6S2. The highest BCUT2D eigenvalue weighted by molar-refractivity contribution is 7.90. The lowest BCUT2D eigenvalue weighted by Crippen LogP contribution is -2.32. The minimum atomic E-state index is -3.99. The molecule has 2 atom stereocenters. The van der Waals surface area contributed by atoms with E-state index in [0.29, 0.717) is 35.8 Å². The first kappa shape index (κ1) is 26.3. The summed E-state index contributed by atoms with van der Waals surface area (Å²) in [5.74, 6) is 0.408. The van der Waals surface area contributed by atoms with Crippen molar-refractivity contribution in [1.29, 1.82) is 0 Å². The number of nitrogens with zero attached hydrogens (tertiary/aromatic N) is 2. The molecule has 4 aromatic rings. The number of anilines is 1. The average Bonchev–Trinajstić information content (AvgIpc) is 3.48. The Kier molecular flexibility index (Phi) is 6.51. The molecule has 1 aromatic heterocycles. The second-order valence-corrected chi connectivity index (χ2v) is 13.5. The van der Waals surface area contributed by atoms with Gasteiger partial charge < -0.3 is 14.6 Å². The number of sulfonamides is 2. The van der Waals surface area contributed by atoms with Gasteiger partial charge in [-0.2, -0.15) is 0 Å². The lowest BCUT2D eigenvalue weighted by atomic mass is 10.0. The first-order valence-corrected chi connectivity index (χ1v) is 15.7. The summed E-state index contributed by atoms with van der Waals surface area (Å²) in [5.41, 5.74) is 3.53. The molecule has 1 amide bonds. The van der Waals surface area contributed by atoms with E-state index in [1.165, 1.54) is 6.07 Å². The van der Waals surface area contributed by atoms with E-state index in [0.717, 1.165) is 16.8 Å². The Bertz CT molecular complexity index is 1790. The Balaban J connectivity index is 1.31. The predicted molar refractivity (Wildman–Crippen MR) is 149 cm³/mol. The van der Waals surface area contributed by atoms with Gasteiger partial charge in [-0.3, -0.25) is 9.52 Å². The van der Waals surface area contributed by atoms with Crippen molar-refractivity contribution in [3.05, 3.63) is 83.7 Å². The molecule has 3 heterocycles. The molecule has 40 heavy (non-hydrogen) atoms. The highest BCUT2D eigenvalue weighted by atomic mass is 32.2. The third kappa shape index (κ3) is 5.03. The zero-order valence-electron chi connectivity index (χ0n) is 21.5. The number of H-pyrrole nitrogens is 1. The zero-order chi connectivity index (χ0) is 28.1. The average molecular weight is 582 g/mol. The van der Waals surface area contributed by atoms with Gasteiger partial charge >= 0.3 is 0 Å². The Labute approximate surface area is 231 Å². The van der Waals surface area contributed by atoms with Crippen molar-refractivity contribution in [1.82, 2.24) is 19.4 Å². The molecule has 0 saturated carbocycles. The molecule has 13 heteroatoms. The van der Waals surface area contributed by atoms with Gasteiger partial charge in [0, 0.05) is 13.1 Å². The van der Waals surface area contributed by atoms with E-state index in [9.17, 15) is 21.6 Å². The number of hydrogen-bond acceptors (Lipinski definition) is 8. The molecule has 208 valence electrons. The van der Waals surface area contributed by atoms with E-state index >= 15 is 0 Å². The van der Waals surface area contributed by atoms with Crippen LogP contribution in [-0.2, 0) is 31.3 Å². The number of imidazole rings is 1. The normalized spacial score (nSPS) is 19.2. The van der Waals surface area contributed by atoms with Gasteiger partial charge in [-0.05, 0) is 41.8 Å². The number of para-hydroxylation sites is 2. The van der Waals surface area contributed by atoms with E-state index in [-0.39, 0.29) is 17.7 Å². The molecule has 1 saturated heterocycles. The number of nitrogens with one attached hydrogen (secondary N) is 3. The van der Waals surface area contributed by atoms with Crippen molar-refractivity contribution < 1.29 is 26.4 Å². The van der Waals surface area contributed by atoms with Crippen molar-refractivity contribution in [2.24, 2.45) is 0 Å². The van der Waals surface area contributed by atoms with Crippen molar-refractivity contribution in [2.45, 2.75) is 29.0 Å². The topological polar surface area (TPSA) is 151 Å². The number of fused-ring (bicyclic) bond motifs is 2. The molecule has 1 unspecified atom stereocenters. The van der Waals surface area contributed by atoms with Crippen molar-refractivity contribution in [3.8, 4) is 5.75 Å². The number of likely N-dealkylation sites (N-methyl/N-ethyl adjacent to an activating group) is 1. The predicted octanol–water partition coefficient (Wildman–Crippen LogP) is 2.54. The van der Waals surface area contributed by atoms with E-state index in [2.05, 4.69) is 14.7 Å². The van der Waals surface area contributed by atoms with Crippen molar-refractivity contribution >= 4 is 42.7 Å². The fourth-order valence-electron chi connectivity index (χ4n) is 5.04. The number of rotatable bonds is 7. The number of amides is 1. The number of carbonyl (C=O) groups is 1. The van der Waals surface area contributed by atoms with Crippen LogP contribution >= 0.6 is 0 Å². The second kappa shape index (κ2) is 9.91. The van der Waals surface area contributed by atoms with Gasteiger partial charge in [0.1, 0.15) is 23.4 Å². The molecule has 0 aliphatic carbocycles. The lowest BCUT2D eigenvalue weighted by Gasteiger charge is -2.28. The Morgan fingerprint density at radius 2 is 1.90 bits per heavy atom. The number of carbonyl (C=O) groups excluding carboxylic acids is 1. The molecule has 2 aliphatic heterocycles. The first-order valence-electron chi connectivity index (χ1n) is 12.7. The van der Waals surface area contributed by atoms with Crippen LogP contribution in [0.1, 0.15) is 34.7 Å². The Hall–Kier alpha value is -3.94. The minimum absolute atomic E-state index is 0.0709. The maximum absolute atomic E-state index is 13.6. The molecule has 0 bridgehead atoms. The number of ether oxygens (including phenoxy) is 1. The van der Waals surface area contributed by atoms with Crippen molar-refractivity contribution in [2.75, 3.05) is 25.1 Å². The summed E-state index contributed by atoms with van der Waals surface area (Å²) >= 11 is 0. The number of aromatic amines is 1. The van der Waals surface area contributed by atoms with E-state index < -0.39 is 37.2 Å². The van der Waals surface area contributed by atoms with Crippen molar-refractivity contribution in [3.63, 3.8) is 0 Å². The minimum Gasteiger partial charge on any atom is -0.490 e. The zero-order valence-corrected chi connectivity index (χ0v) is 23.1. The van der Waals surface area contributed by atoms with Crippen LogP contribution in [0.3, 0.4) is 0 Å². The summed E-state index contributed by atoms with van der Waals surface area (Å²) < 4.78 is 62.3. The lowest BCUT2D eigenvalue weighted by molar-refractivity contribution is -0.118. The largest absolute Gasteiger partial charge is 0.490 e. The monoisotopic (exact) mass is 581 g/mol. The number of aromatic nitrogens is 2. The standard InChI is InChI=1S/C27H27N5O6S2/c1-32-12-13-38-24-15-19(10-11-23(24)32)39(34,35)30-22(27-28-20-4-2-3-5-21(20)29-27)14-17-6-8-18(9-7-17)25-16-26(33)31-40(25,36)37/h2-11,15,22,25,30H,12-14,16H2,1H3,(H,28,29)(H,31,33)/t22-,25?/m0/s1. The third-order valence-corrected chi connectivity index (χ3v) is 10.3. The number of benzene rings is 3. The van der Waals surface area contributed by atoms with Crippen LogP contribution in [-0.4, -0.2) is 52.9 Å². The van der Waals surface area contributed by atoms with Crippen LogP contribution in [0.4, 0.5) is 5.69 Å². The molecule has 6 rings (SSSR count). The smallest absolute Gasteiger partial charge is 0.242 e. The van der Waals surface area contributed by atoms with Gasteiger partial charge in [-0.25, -0.2) is 26.5 Å². The molecule has 3 N–H and O–H groups in total. The van der Waals surface area contributed by atoms with Gasteiger partial charge in [-0.1, -0.05) is 36.4 Å². The summed E-state index contributed by atoms with van der Waals surface area (Å²) in [6.07, 6.45) is 0.0987. The molecule has 3 aromatic carbocycles.